The van der Waals surface area contributed by atoms with Crippen molar-refractivity contribution >= 4 is 11.5 Å². The standard InChI is InChI=1S/C30H36N2O/c33-30(28-15-3-1-4-16-28)20-10-9-14-26-12-7-8-13-27(26)17-11-21-31-22-24-32(25-23-31)29-18-5-2-6-19-29/h1-8,12-13,15-16,18-19H,9-11,14,17,20-25H2. The summed E-state index contributed by atoms with van der Waals surface area (Å²) in [7, 11) is 0. The van der Waals surface area contributed by atoms with Crippen molar-refractivity contribution in [2.45, 2.75) is 38.5 Å². The molecule has 1 aliphatic heterocycles. The van der Waals surface area contributed by atoms with Gasteiger partial charge in [-0.2, -0.15) is 0 Å². The summed E-state index contributed by atoms with van der Waals surface area (Å²) in [6.07, 6.45) is 6.06. The van der Waals surface area contributed by atoms with Gasteiger partial charge in [-0.25, -0.2) is 0 Å². The van der Waals surface area contributed by atoms with Crippen LogP contribution in [0.4, 0.5) is 5.69 Å². The monoisotopic (exact) mass is 440 g/mol. The lowest BCUT2D eigenvalue weighted by Crippen LogP contribution is -2.46. The zero-order valence-electron chi connectivity index (χ0n) is 19.7. The zero-order valence-corrected chi connectivity index (χ0v) is 19.7. The predicted octanol–water partition coefficient (Wildman–Crippen LogP) is 6.04. The first kappa shape index (κ1) is 23.3. The Morgan fingerprint density at radius 3 is 1.88 bits per heavy atom. The molecule has 33 heavy (non-hydrogen) atoms. The molecule has 0 saturated carbocycles. The van der Waals surface area contributed by atoms with Crippen LogP contribution in [-0.2, 0) is 12.8 Å². The number of carbonyl (C=O) groups excluding carboxylic acids is 1. The minimum absolute atomic E-state index is 0.260. The molecule has 0 radical (unpaired) electrons. The Kier molecular flexibility index (Phi) is 8.71. The molecule has 1 fully saturated rings. The van der Waals surface area contributed by atoms with Crippen LogP contribution in [-0.4, -0.2) is 43.4 Å². The molecule has 1 aliphatic rings. The topological polar surface area (TPSA) is 23.6 Å². The maximum Gasteiger partial charge on any atom is 0.162 e. The Hall–Kier alpha value is -2.91. The van der Waals surface area contributed by atoms with Crippen LogP contribution in [0.15, 0.2) is 84.9 Å². The lowest BCUT2D eigenvalue weighted by Gasteiger charge is -2.36. The number of rotatable bonds is 11. The number of anilines is 1. The normalized spacial score (nSPS) is 14.4. The van der Waals surface area contributed by atoms with E-state index < -0.39 is 0 Å². The molecular formula is C30H36N2O. The second kappa shape index (κ2) is 12.4. The average Bonchev–Trinajstić information content (AvgIpc) is 2.89. The molecule has 1 heterocycles. The molecule has 0 aromatic heterocycles. The molecule has 3 heteroatoms. The van der Waals surface area contributed by atoms with Gasteiger partial charge >= 0.3 is 0 Å². The highest BCUT2D eigenvalue weighted by atomic mass is 16.1. The fourth-order valence-corrected chi connectivity index (χ4v) is 4.78. The van der Waals surface area contributed by atoms with E-state index in [1.807, 2.05) is 30.3 Å². The number of para-hydroxylation sites is 1. The van der Waals surface area contributed by atoms with Gasteiger partial charge in [0.25, 0.3) is 0 Å². The van der Waals surface area contributed by atoms with E-state index in [0.717, 1.165) is 57.4 Å². The van der Waals surface area contributed by atoms with Crippen LogP contribution in [0.3, 0.4) is 0 Å². The van der Waals surface area contributed by atoms with Crippen LogP contribution in [0.5, 0.6) is 0 Å². The van der Waals surface area contributed by atoms with Crippen LogP contribution >= 0.6 is 0 Å². The number of hydrogen-bond acceptors (Lipinski definition) is 3. The number of hydrogen-bond donors (Lipinski definition) is 0. The van der Waals surface area contributed by atoms with Crippen LogP contribution < -0.4 is 4.90 Å². The number of piperazine rings is 1. The molecule has 0 aliphatic carbocycles. The smallest absolute Gasteiger partial charge is 0.162 e. The lowest BCUT2D eigenvalue weighted by molar-refractivity contribution is 0.0979. The molecule has 0 N–H and O–H groups in total. The molecule has 1 saturated heterocycles. The first-order valence-corrected chi connectivity index (χ1v) is 12.5. The third kappa shape index (κ3) is 7.03. The Labute approximate surface area is 199 Å². The minimum atomic E-state index is 0.260. The van der Waals surface area contributed by atoms with Gasteiger partial charge < -0.3 is 4.90 Å². The summed E-state index contributed by atoms with van der Waals surface area (Å²) in [4.78, 5) is 17.4. The van der Waals surface area contributed by atoms with Crippen molar-refractivity contribution in [1.82, 2.24) is 4.90 Å². The number of nitrogens with zero attached hydrogens (tertiary/aromatic N) is 2. The van der Waals surface area contributed by atoms with Crippen molar-refractivity contribution in [3.05, 3.63) is 102 Å². The second-order valence-corrected chi connectivity index (χ2v) is 9.03. The quantitative estimate of drug-likeness (QED) is 0.268. The largest absolute Gasteiger partial charge is 0.369 e. The molecule has 3 aromatic rings. The van der Waals surface area contributed by atoms with Gasteiger partial charge in [-0.1, -0.05) is 72.8 Å². The van der Waals surface area contributed by atoms with Crippen molar-refractivity contribution in [1.29, 1.82) is 0 Å². The van der Waals surface area contributed by atoms with E-state index in [9.17, 15) is 4.79 Å². The molecule has 0 spiro atoms. The van der Waals surface area contributed by atoms with Gasteiger partial charge in [-0.3, -0.25) is 9.69 Å². The summed E-state index contributed by atoms with van der Waals surface area (Å²) >= 11 is 0. The van der Waals surface area contributed by atoms with Crippen LogP contribution in [0.25, 0.3) is 0 Å². The highest BCUT2D eigenvalue weighted by Crippen LogP contribution is 2.18. The molecule has 0 atom stereocenters. The van der Waals surface area contributed by atoms with Crippen molar-refractivity contribution in [2.75, 3.05) is 37.6 Å². The van der Waals surface area contributed by atoms with E-state index in [1.54, 1.807) is 0 Å². The summed E-state index contributed by atoms with van der Waals surface area (Å²) in [5, 5.41) is 0. The minimum Gasteiger partial charge on any atom is -0.369 e. The highest BCUT2D eigenvalue weighted by molar-refractivity contribution is 5.95. The van der Waals surface area contributed by atoms with E-state index in [1.165, 1.54) is 29.8 Å². The highest BCUT2D eigenvalue weighted by Gasteiger charge is 2.16. The van der Waals surface area contributed by atoms with Crippen molar-refractivity contribution in [2.24, 2.45) is 0 Å². The van der Waals surface area contributed by atoms with E-state index in [-0.39, 0.29) is 5.78 Å². The second-order valence-electron chi connectivity index (χ2n) is 9.03. The maximum absolute atomic E-state index is 12.3. The molecular weight excluding hydrogens is 404 g/mol. The third-order valence-electron chi connectivity index (χ3n) is 6.73. The van der Waals surface area contributed by atoms with Gasteiger partial charge in [0, 0.05) is 43.9 Å². The molecule has 3 aromatic carbocycles. The summed E-state index contributed by atoms with van der Waals surface area (Å²) in [5.74, 6) is 0.260. The lowest BCUT2D eigenvalue weighted by atomic mass is 9.97. The number of aryl methyl sites for hydroxylation is 2. The molecule has 0 bridgehead atoms. The van der Waals surface area contributed by atoms with Crippen molar-refractivity contribution in [3.63, 3.8) is 0 Å². The van der Waals surface area contributed by atoms with Gasteiger partial charge in [0.15, 0.2) is 5.78 Å². The molecule has 4 rings (SSSR count). The fourth-order valence-electron chi connectivity index (χ4n) is 4.78. The van der Waals surface area contributed by atoms with Crippen molar-refractivity contribution < 1.29 is 4.79 Å². The van der Waals surface area contributed by atoms with Gasteiger partial charge in [0.2, 0.25) is 0 Å². The van der Waals surface area contributed by atoms with Crippen LogP contribution in [0.2, 0.25) is 0 Å². The van der Waals surface area contributed by atoms with Gasteiger partial charge in [-0.05, 0) is 61.9 Å². The first-order chi connectivity index (χ1) is 16.3. The van der Waals surface area contributed by atoms with E-state index >= 15 is 0 Å². The molecule has 0 unspecified atom stereocenters. The van der Waals surface area contributed by atoms with E-state index in [0.29, 0.717) is 6.42 Å². The number of carbonyl (C=O) groups is 1. The zero-order chi connectivity index (χ0) is 22.7. The van der Waals surface area contributed by atoms with Crippen molar-refractivity contribution in [3.8, 4) is 0 Å². The first-order valence-electron chi connectivity index (χ1n) is 12.5. The van der Waals surface area contributed by atoms with Gasteiger partial charge in [0.1, 0.15) is 0 Å². The summed E-state index contributed by atoms with van der Waals surface area (Å²) in [5.41, 5.74) is 5.12. The summed E-state index contributed by atoms with van der Waals surface area (Å²) in [6, 6.07) is 29.3. The Morgan fingerprint density at radius 1 is 0.636 bits per heavy atom. The Balaban J connectivity index is 1.17. The Bertz CT molecular complexity index is 978. The van der Waals surface area contributed by atoms with Gasteiger partial charge in [-0.15, -0.1) is 0 Å². The average molecular weight is 441 g/mol. The van der Waals surface area contributed by atoms with Gasteiger partial charge in [0.05, 0.1) is 0 Å². The summed E-state index contributed by atoms with van der Waals surface area (Å²) < 4.78 is 0. The predicted molar refractivity (Wildman–Crippen MR) is 138 cm³/mol. The molecule has 0 amide bonds. The number of benzene rings is 3. The third-order valence-corrected chi connectivity index (χ3v) is 6.73. The molecule has 172 valence electrons. The fraction of sp³-hybridized carbons (Fsp3) is 0.367. The number of unbranched alkanes of at least 4 members (excludes halogenated alkanes) is 1. The van der Waals surface area contributed by atoms with E-state index in [4.69, 9.17) is 0 Å². The van der Waals surface area contributed by atoms with E-state index in [2.05, 4.69) is 64.4 Å². The van der Waals surface area contributed by atoms with Crippen LogP contribution in [0, 0.1) is 0 Å². The number of ketones is 1. The summed E-state index contributed by atoms with van der Waals surface area (Å²) in [6.45, 7) is 5.69. The number of Topliss-reactive ketones (excluding diaryl/α,β-unsaturated/α-hetero) is 1. The van der Waals surface area contributed by atoms with Crippen LogP contribution in [0.1, 0.15) is 47.2 Å². The Morgan fingerprint density at radius 2 is 1.21 bits per heavy atom. The SMILES string of the molecule is O=C(CCCCc1ccccc1CCCN1CCN(c2ccccc2)CC1)c1ccccc1. The molecule has 3 nitrogen and oxygen atoms in total. The maximum atomic E-state index is 12.3.